The monoisotopic (exact) mass is 414 g/mol. The summed E-state index contributed by atoms with van der Waals surface area (Å²) in [7, 11) is -3.51. The Kier molecular flexibility index (Phi) is 4.53. The second kappa shape index (κ2) is 6.81. The van der Waals surface area contributed by atoms with Gasteiger partial charge in [-0.1, -0.05) is 18.2 Å². The van der Waals surface area contributed by atoms with E-state index < -0.39 is 15.1 Å². The van der Waals surface area contributed by atoms with Crippen LogP contribution in [-0.4, -0.2) is 35.6 Å². The zero-order chi connectivity index (χ0) is 20.9. The van der Waals surface area contributed by atoms with Gasteiger partial charge in [-0.05, 0) is 36.2 Å². The number of halogens is 1. The fourth-order valence-electron chi connectivity index (χ4n) is 3.76. The Bertz CT molecular complexity index is 1240. The van der Waals surface area contributed by atoms with Crippen molar-refractivity contribution in [2.24, 2.45) is 0 Å². The number of aromatic nitrogens is 1. The first-order chi connectivity index (χ1) is 13.7. The van der Waals surface area contributed by atoms with E-state index in [2.05, 4.69) is 4.98 Å². The minimum absolute atomic E-state index is 0.116. The number of carbonyl (C=O) groups excluding carboxylic acids is 1. The van der Waals surface area contributed by atoms with Crippen LogP contribution in [0.4, 0.5) is 4.39 Å². The number of benzene rings is 2. The highest BCUT2D eigenvalue weighted by molar-refractivity contribution is 7.90. The van der Waals surface area contributed by atoms with Gasteiger partial charge >= 0.3 is 0 Å². The van der Waals surface area contributed by atoms with E-state index in [0.717, 1.165) is 11.8 Å². The number of hydrogen-bond donors (Lipinski definition) is 1. The number of carbonyl (C=O) groups is 1. The molecule has 1 aromatic heterocycles. The summed E-state index contributed by atoms with van der Waals surface area (Å²) in [5, 5.41) is 10.3. The first-order valence-electron chi connectivity index (χ1n) is 9.03. The maximum Gasteiger partial charge on any atom is 0.255 e. The largest absolute Gasteiger partial charge is 0.505 e. The van der Waals surface area contributed by atoms with Crippen molar-refractivity contribution in [3.63, 3.8) is 0 Å². The average molecular weight is 414 g/mol. The van der Waals surface area contributed by atoms with E-state index >= 15 is 0 Å². The minimum atomic E-state index is -3.51. The van der Waals surface area contributed by atoms with Crippen molar-refractivity contribution in [3.8, 4) is 5.75 Å². The van der Waals surface area contributed by atoms with Crippen LogP contribution >= 0.6 is 0 Å². The summed E-state index contributed by atoms with van der Waals surface area (Å²) >= 11 is 0. The number of phenolic OH excluding ortho intramolecular Hbond substituents is 1. The molecule has 0 saturated heterocycles. The lowest BCUT2D eigenvalue weighted by Gasteiger charge is -2.18. The lowest BCUT2D eigenvalue weighted by atomic mass is 9.94. The Morgan fingerprint density at radius 1 is 1.24 bits per heavy atom. The third-order valence-corrected chi connectivity index (χ3v) is 6.88. The maximum atomic E-state index is 13.2. The van der Waals surface area contributed by atoms with Crippen LogP contribution in [0.2, 0.25) is 0 Å². The highest BCUT2D eigenvalue weighted by Crippen LogP contribution is 2.43. The Morgan fingerprint density at radius 2 is 1.93 bits per heavy atom. The molecule has 1 N–H and O–H groups in total. The van der Waals surface area contributed by atoms with Gasteiger partial charge in [0.25, 0.3) is 5.91 Å². The smallest absolute Gasteiger partial charge is 0.255 e. The van der Waals surface area contributed by atoms with E-state index in [1.54, 1.807) is 24.3 Å². The van der Waals surface area contributed by atoms with E-state index in [0.29, 0.717) is 16.5 Å². The van der Waals surface area contributed by atoms with Crippen molar-refractivity contribution < 1.29 is 22.7 Å². The van der Waals surface area contributed by atoms with Gasteiger partial charge in [0.2, 0.25) is 0 Å². The number of amides is 1. The van der Waals surface area contributed by atoms with Gasteiger partial charge in [-0.2, -0.15) is 0 Å². The molecule has 3 aromatic rings. The molecule has 0 aliphatic carbocycles. The predicted molar refractivity (Wildman–Crippen MR) is 107 cm³/mol. The van der Waals surface area contributed by atoms with E-state index in [1.807, 2.05) is 0 Å². The molecule has 8 heteroatoms. The molecule has 0 spiro atoms. The summed E-state index contributed by atoms with van der Waals surface area (Å²) in [4.78, 5) is 19.0. The number of rotatable bonds is 4. The molecule has 29 heavy (non-hydrogen) atoms. The third kappa shape index (κ3) is 3.23. The fraction of sp³-hybridized carbons (Fsp3) is 0.238. The molecule has 2 aromatic carbocycles. The molecule has 4 rings (SSSR count). The van der Waals surface area contributed by atoms with E-state index in [9.17, 15) is 22.7 Å². The van der Waals surface area contributed by atoms with Crippen LogP contribution in [0.25, 0.3) is 10.9 Å². The molecule has 0 fully saturated rings. The highest BCUT2D eigenvalue weighted by atomic mass is 32.2. The van der Waals surface area contributed by atoms with Crippen LogP contribution in [0.1, 0.15) is 39.2 Å². The second-order valence-corrected chi connectivity index (χ2v) is 9.64. The molecule has 1 aliphatic rings. The molecule has 0 radical (unpaired) electrons. The second-order valence-electron chi connectivity index (χ2n) is 7.27. The van der Waals surface area contributed by atoms with Crippen LogP contribution < -0.4 is 0 Å². The molecule has 1 aliphatic heterocycles. The quantitative estimate of drug-likeness (QED) is 0.708. The van der Waals surface area contributed by atoms with Gasteiger partial charge in [0, 0.05) is 29.9 Å². The van der Waals surface area contributed by atoms with Crippen LogP contribution in [0.3, 0.4) is 0 Å². The molecule has 6 nitrogen and oxygen atoms in total. The third-order valence-electron chi connectivity index (χ3n) is 5.36. The maximum absolute atomic E-state index is 13.2. The number of pyridine rings is 1. The Morgan fingerprint density at radius 3 is 2.59 bits per heavy atom. The Labute approximate surface area is 167 Å². The molecule has 1 amide bonds. The first-order valence-corrected chi connectivity index (χ1v) is 11.0. The Hall–Kier alpha value is -3.00. The van der Waals surface area contributed by atoms with Gasteiger partial charge in [0.1, 0.15) is 17.1 Å². The van der Waals surface area contributed by atoms with Gasteiger partial charge in [0.15, 0.2) is 9.84 Å². The summed E-state index contributed by atoms with van der Waals surface area (Å²) in [5.41, 5.74) is 1.94. The number of phenols is 1. The van der Waals surface area contributed by atoms with E-state index in [4.69, 9.17) is 0 Å². The molecule has 0 saturated carbocycles. The van der Waals surface area contributed by atoms with Crippen molar-refractivity contribution in [1.29, 1.82) is 0 Å². The number of nitrogens with zero attached hydrogens (tertiary/aromatic N) is 2. The zero-order valence-electron chi connectivity index (χ0n) is 15.9. The average Bonchev–Trinajstić information content (AvgIpc) is 3.00. The van der Waals surface area contributed by atoms with Crippen LogP contribution in [-0.2, 0) is 22.9 Å². The van der Waals surface area contributed by atoms with Crippen molar-refractivity contribution >= 4 is 26.6 Å². The summed E-state index contributed by atoms with van der Waals surface area (Å²) < 4.78 is 37.8. The fourth-order valence-corrected chi connectivity index (χ4v) is 4.44. The summed E-state index contributed by atoms with van der Waals surface area (Å²) in [6.07, 6.45) is 2.63. The topological polar surface area (TPSA) is 87.6 Å². The zero-order valence-corrected chi connectivity index (χ0v) is 16.7. The number of sulfone groups is 1. The predicted octanol–water partition coefficient (Wildman–Crippen LogP) is 3.34. The summed E-state index contributed by atoms with van der Waals surface area (Å²) in [6.45, 7) is 1.86. The van der Waals surface area contributed by atoms with Crippen molar-refractivity contribution in [3.05, 3.63) is 70.7 Å². The van der Waals surface area contributed by atoms with Gasteiger partial charge in [-0.25, -0.2) is 12.8 Å². The molecule has 150 valence electrons. The summed E-state index contributed by atoms with van der Waals surface area (Å²) in [5.74, 6) is -0.852. The Balaban J connectivity index is 1.89. The molecule has 1 unspecified atom stereocenters. The van der Waals surface area contributed by atoms with Crippen LogP contribution in [0.15, 0.2) is 42.6 Å². The van der Waals surface area contributed by atoms with Crippen molar-refractivity contribution in [2.75, 3.05) is 6.26 Å². The molecular formula is C21H19FN2O4S. The minimum Gasteiger partial charge on any atom is -0.505 e. The van der Waals surface area contributed by atoms with Gasteiger partial charge in [-0.15, -0.1) is 0 Å². The molecule has 2 heterocycles. The van der Waals surface area contributed by atoms with Crippen LogP contribution in [0.5, 0.6) is 5.75 Å². The SMILES string of the molecule is CC(c1c2c(c(O)c3ncccc13)CN(Cc1ccc(F)cc1)C2=O)S(C)(=O)=O. The van der Waals surface area contributed by atoms with Crippen molar-refractivity contribution in [1.82, 2.24) is 9.88 Å². The number of aromatic hydroxyl groups is 1. The van der Waals surface area contributed by atoms with Gasteiger partial charge in [0.05, 0.1) is 17.4 Å². The lowest BCUT2D eigenvalue weighted by molar-refractivity contribution is 0.0766. The standard InChI is InChI=1S/C21H19FN2O4S/c1-12(29(2,27)28)17-15-4-3-9-23-19(15)20(25)16-11-24(21(26)18(16)17)10-13-5-7-14(22)8-6-13/h3-9,12,25H,10-11H2,1-2H3. The number of hydrogen-bond acceptors (Lipinski definition) is 5. The number of fused-ring (bicyclic) bond motifs is 2. The molecule has 1 atom stereocenters. The highest BCUT2D eigenvalue weighted by Gasteiger charge is 2.37. The summed E-state index contributed by atoms with van der Waals surface area (Å²) in [6, 6.07) is 9.11. The normalized spacial score (nSPS) is 15.0. The molecular weight excluding hydrogens is 395 g/mol. The van der Waals surface area contributed by atoms with E-state index in [1.165, 1.54) is 30.2 Å². The molecule has 0 bridgehead atoms. The van der Waals surface area contributed by atoms with Crippen LogP contribution in [0, 0.1) is 5.82 Å². The van der Waals surface area contributed by atoms with Gasteiger partial charge in [-0.3, -0.25) is 9.78 Å². The van der Waals surface area contributed by atoms with Gasteiger partial charge < -0.3 is 10.0 Å². The van der Waals surface area contributed by atoms with Crippen molar-refractivity contribution in [2.45, 2.75) is 25.3 Å². The lowest BCUT2D eigenvalue weighted by Crippen LogP contribution is -2.24. The van der Waals surface area contributed by atoms with E-state index in [-0.39, 0.29) is 41.6 Å². The first kappa shape index (κ1) is 19.3.